The van der Waals surface area contributed by atoms with Crippen molar-refractivity contribution >= 4 is 72.2 Å². The van der Waals surface area contributed by atoms with Crippen molar-refractivity contribution in [2.45, 2.75) is 110 Å². The zero-order valence-corrected chi connectivity index (χ0v) is 44.1. The third-order valence-corrected chi connectivity index (χ3v) is 19.4. The van der Waals surface area contributed by atoms with Gasteiger partial charge in [0, 0.05) is 80.2 Å². The number of ether oxygens (including phenoxy) is 1. The number of anilines is 2. The van der Waals surface area contributed by atoms with Gasteiger partial charge in [0.05, 0.1) is 34.4 Å². The molecule has 0 saturated heterocycles. The number of unbranched alkanes of at least 4 members (excludes halogenated alkanes) is 2. The maximum atomic E-state index is 13.7. The highest BCUT2D eigenvalue weighted by molar-refractivity contribution is 7.85. The summed E-state index contributed by atoms with van der Waals surface area (Å²) < 4.78 is 43.3. The molecule has 3 N–H and O–H groups in total. The van der Waals surface area contributed by atoms with Crippen molar-refractivity contribution in [3.8, 4) is 11.1 Å². The maximum absolute atomic E-state index is 13.7. The van der Waals surface area contributed by atoms with Crippen LogP contribution in [0.1, 0.15) is 116 Å². The lowest BCUT2D eigenvalue weighted by atomic mass is 9.40. The molecule has 1 spiro atoms. The second-order valence-electron chi connectivity index (χ2n) is 22.7. The number of aromatic nitrogens is 4. The van der Waals surface area contributed by atoms with Crippen LogP contribution in [0.25, 0.3) is 21.3 Å². The number of hydrogen-bond acceptors (Lipinski definition) is 13. The Kier molecular flexibility index (Phi) is 12.7. The van der Waals surface area contributed by atoms with Gasteiger partial charge in [-0.15, -0.1) is 0 Å². The Morgan fingerprint density at radius 3 is 2.44 bits per heavy atom. The fourth-order valence-electron chi connectivity index (χ4n) is 15.1. The predicted octanol–water partition coefficient (Wildman–Crippen LogP) is 7.71. The van der Waals surface area contributed by atoms with Gasteiger partial charge in [0.15, 0.2) is 10.8 Å². The molecule has 3 aromatic heterocycles. The van der Waals surface area contributed by atoms with Gasteiger partial charge in [-0.25, -0.2) is 14.8 Å². The van der Waals surface area contributed by atoms with Crippen LogP contribution in [0.15, 0.2) is 72.9 Å². The smallest absolute Gasteiger partial charge is 0.355 e. The lowest BCUT2D eigenvalue weighted by Gasteiger charge is -2.64. The number of rotatable bonds is 20. The minimum Gasteiger partial charge on any atom is -0.476 e. The third-order valence-electron chi connectivity index (χ3n) is 17.8. The Hall–Kier alpha value is -6.35. The molecule has 18 nitrogen and oxygen atoms in total. The SMILES string of the molecule is Cc1c(-c2ccc(N3CCc4cccc(C(=O)Nc5nc6ccccc6s5)c4C3)nc2C(=O)O)cnn1CC12CC3(OCCN(CCS(=O)(=O)O)C(=O)CCCCCN4C(=O)C=CC4=O)CC4(C)CC(C)(C1)C4(C2)C3. The molecule has 2 aliphatic heterocycles. The minimum absolute atomic E-state index is 0.0507. The number of amides is 4. The molecular weight excluding hydrogens is 997 g/mol. The maximum Gasteiger partial charge on any atom is 0.355 e. The van der Waals surface area contributed by atoms with Crippen molar-refractivity contribution in [2.75, 3.05) is 48.8 Å². The number of carboxylic acid groups (broad SMARTS) is 1. The zero-order chi connectivity index (χ0) is 52.7. The molecule has 0 radical (unpaired) electrons. The number of thiazole rings is 1. The summed E-state index contributed by atoms with van der Waals surface area (Å²) >= 11 is 1.41. The summed E-state index contributed by atoms with van der Waals surface area (Å²) in [6.45, 7) is 8.78. The van der Waals surface area contributed by atoms with Crippen LogP contribution in [0.2, 0.25) is 0 Å². The second kappa shape index (κ2) is 18.7. The van der Waals surface area contributed by atoms with Gasteiger partial charge in [0.1, 0.15) is 5.82 Å². The number of benzene rings is 2. The number of aromatic carboxylic acids is 1. The lowest BCUT2D eigenvalue weighted by molar-refractivity contribution is -0.158. The summed E-state index contributed by atoms with van der Waals surface area (Å²) in [5.74, 6) is -2.47. The van der Waals surface area contributed by atoms with Crippen molar-refractivity contribution < 1.29 is 46.8 Å². The van der Waals surface area contributed by atoms with Crippen molar-refractivity contribution in [1.29, 1.82) is 0 Å². The number of imide groups is 1. The number of pyridine rings is 1. The van der Waals surface area contributed by atoms with Crippen LogP contribution in [0.5, 0.6) is 0 Å². The first-order valence-electron chi connectivity index (χ1n) is 25.9. The average molecular weight is 1060 g/mol. The van der Waals surface area contributed by atoms with Gasteiger partial charge < -0.3 is 19.6 Å². The van der Waals surface area contributed by atoms with Crippen molar-refractivity contribution in [1.82, 2.24) is 29.5 Å². The van der Waals surface area contributed by atoms with Gasteiger partial charge in [-0.05, 0) is 128 Å². The van der Waals surface area contributed by atoms with E-state index in [1.807, 2.05) is 65.0 Å². The summed E-state index contributed by atoms with van der Waals surface area (Å²) in [4.78, 5) is 78.2. The molecule has 4 fully saturated rings. The molecule has 75 heavy (non-hydrogen) atoms. The number of fused-ring (bicyclic) bond motifs is 4. The van der Waals surface area contributed by atoms with Gasteiger partial charge in [-0.2, -0.15) is 13.5 Å². The summed E-state index contributed by atoms with van der Waals surface area (Å²) in [6.07, 6.45) is 12.3. The van der Waals surface area contributed by atoms with Crippen molar-refractivity contribution in [2.24, 2.45) is 21.7 Å². The van der Waals surface area contributed by atoms with Gasteiger partial charge in [0.2, 0.25) is 5.91 Å². The van der Waals surface area contributed by atoms with Gasteiger partial charge >= 0.3 is 5.97 Å². The minimum atomic E-state index is -4.34. The topological polar surface area (TPSA) is 235 Å². The van der Waals surface area contributed by atoms with Gasteiger partial charge in [-0.3, -0.25) is 38.6 Å². The third kappa shape index (κ3) is 9.14. The molecule has 6 aliphatic rings. The first kappa shape index (κ1) is 50.8. The van der Waals surface area contributed by atoms with E-state index in [0.717, 1.165) is 65.6 Å². The number of carbonyl (C=O) groups excluding carboxylic acids is 4. The molecule has 4 saturated carbocycles. The number of para-hydroxylation sites is 1. The fourth-order valence-corrected chi connectivity index (χ4v) is 16.4. The molecule has 394 valence electrons. The molecule has 5 heterocycles. The molecule has 5 atom stereocenters. The Labute approximate surface area is 439 Å². The molecule has 11 rings (SSSR count). The molecule has 5 unspecified atom stereocenters. The van der Waals surface area contributed by atoms with E-state index < -0.39 is 27.4 Å². The van der Waals surface area contributed by atoms with Crippen molar-refractivity contribution in [3.05, 3.63) is 101 Å². The highest BCUT2D eigenvalue weighted by Gasteiger charge is 2.84. The number of carbonyl (C=O) groups is 5. The molecule has 2 aromatic carbocycles. The quantitative estimate of drug-likeness (QED) is 0.0385. The lowest BCUT2D eigenvalue weighted by Crippen LogP contribution is -2.57. The summed E-state index contributed by atoms with van der Waals surface area (Å²) in [5, 5.41) is 19.1. The molecule has 4 amide bonds. The summed E-state index contributed by atoms with van der Waals surface area (Å²) in [5.41, 5.74) is 4.72. The van der Waals surface area contributed by atoms with E-state index >= 15 is 0 Å². The van der Waals surface area contributed by atoms with E-state index in [9.17, 15) is 42.0 Å². The first-order valence-corrected chi connectivity index (χ1v) is 28.3. The summed E-state index contributed by atoms with van der Waals surface area (Å²) in [7, 11) is -4.34. The van der Waals surface area contributed by atoms with E-state index in [4.69, 9.17) is 14.8 Å². The molecule has 3 bridgehead atoms. The van der Waals surface area contributed by atoms with Crippen LogP contribution in [-0.4, -0.2) is 121 Å². The van der Waals surface area contributed by atoms with Gasteiger partial charge in [-0.1, -0.05) is 55.9 Å². The average Bonchev–Trinajstić information content (AvgIpc) is 3.93. The zero-order valence-electron chi connectivity index (χ0n) is 42.5. The van der Waals surface area contributed by atoms with Crippen molar-refractivity contribution in [3.63, 3.8) is 0 Å². The Morgan fingerprint density at radius 2 is 1.67 bits per heavy atom. The number of nitrogens with zero attached hydrogens (tertiary/aromatic N) is 7. The van der Waals surface area contributed by atoms with E-state index in [-0.39, 0.29) is 83.6 Å². The molecule has 5 aromatic rings. The van der Waals surface area contributed by atoms with Crippen LogP contribution in [0.4, 0.5) is 10.9 Å². The fraction of sp³-hybridized carbons (Fsp3) is 0.491. The van der Waals surface area contributed by atoms with Crippen LogP contribution in [0.3, 0.4) is 0 Å². The highest BCUT2D eigenvalue weighted by Crippen LogP contribution is 2.89. The van der Waals surface area contributed by atoms with Crippen LogP contribution in [0, 0.1) is 28.6 Å². The molecule has 20 heteroatoms. The number of nitrogens with one attached hydrogen (secondary N) is 1. The highest BCUT2D eigenvalue weighted by atomic mass is 32.2. The largest absolute Gasteiger partial charge is 0.476 e. The normalized spacial score (nSPS) is 26.2. The van der Waals surface area contributed by atoms with E-state index in [0.29, 0.717) is 73.0 Å². The van der Waals surface area contributed by atoms with Crippen LogP contribution >= 0.6 is 11.3 Å². The van der Waals surface area contributed by atoms with E-state index in [2.05, 4.69) is 24.1 Å². The monoisotopic (exact) mass is 1060 g/mol. The molecule has 4 aliphatic carbocycles. The second-order valence-corrected chi connectivity index (χ2v) is 25.3. The Bertz CT molecular complexity index is 3290. The van der Waals surface area contributed by atoms with E-state index in [1.54, 1.807) is 12.3 Å². The van der Waals surface area contributed by atoms with E-state index in [1.165, 1.54) is 33.3 Å². The van der Waals surface area contributed by atoms with Crippen LogP contribution in [-0.2, 0) is 48.7 Å². The van der Waals surface area contributed by atoms with Gasteiger partial charge in [0.25, 0.3) is 27.8 Å². The Morgan fingerprint density at radius 1 is 0.880 bits per heavy atom. The predicted molar refractivity (Wildman–Crippen MR) is 281 cm³/mol. The van der Waals surface area contributed by atoms with Crippen LogP contribution < -0.4 is 10.2 Å². The summed E-state index contributed by atoms with van der Waals surface area (Å²) in [6, 6.07) is 17.1. The Balaban J connectivity index is 0.774. The molecular formula is C55H62N8O10S2. The standard InChI is InChI=1S/C55H62N8O10S2/c1-35-39(37-15-16-43(58-47(37)49(68)69)61-21-19-36-10-9-11-38(40(36)27-61)48(67)59-50-57-41-12-6-7-13-42(41)74-50)26-56-63(35)34-53-29-51(2)28-52(3)30-54(31-53,33-55(51,52)32-53)73-24-22-60(23-25-75(70,71)72)44(64)14-5-4-8-20-62-45(65)17-18-46(62)66/h6-7,9-13,15-18,26H,4-5,8,14,19-25,27-34H2,1-3H3,(H,68,69)(H,57,59,67)(H,70,71,72). The number of hydrogen-bond donors (Lipinski definition) is 3. The number of carboxylic acids is 1. The first-order chi connectivity index (χ1) is 35.7.